The normalized spacial score (nSPS) is 17.6. The molecule has 3 rings (SSSR count). The van der Waals surface area contributed by atoms with Gasteiger partial charge in [0.25, 0.3) is 0 Å². The van der Waals surface area contributed by atoms with Gasteiger partial charge in [-0.05, 0) is 36.0 Å². The van der Waals surface area contributed by atoms with Gasteiger partial charge in [0.1, 0.15) is 6.04 Å². The minimum absolute atomic E-state index is 0.189. The van der Waals surface area contributed by atoms with Crippen molar-refractivity contribution in [3.05, 3.63) is 71.3 Å². The zero-order valence-electron chi connectivity index (χ0n) is 13.4. The van der Waals surface area contributed by atoms with Gasteiger partial charge in [0.2, 0.25) is 5.91 Å². The number of carboxylic acid groups (broad SMARTS) is 1. The lowest BCUT2D eigenvalue weighted by molar-refractivity contribution is -0.142. The molecule has 0 saturated carbocycles. The van der Waals surface area contributed by atoms with Crippen LogP contribution in [0.15, 0.2) is 54.6 Å². The number of hydrogen-bond donors (Lipinski definition) is 2. The Labute approximate surface area is 141 Å². The minimum Gasteiger partial charge on any atom is -0.480 e. The van der Waals surface area contributed by atoms with Crippen LogP contribution >= 0.6 is 0 Å². The summed E-state index contributed by atoms with van der Waals surface area (Å²) in [7, 11) is 0. The van der Waals surface area contributed by atoms with Gasteiger partial charge in [-0.1, -0.05) is 54.6 Å². The van der Waals surface area contributed by atoms with Gasteiger partial charge in [0.05, 0.1) is 5.92 Å². The van der Waals surface area contributed by atoms with Gasteiger partial charge >= 0.3 is 5.97 Å². The highest BCUT2D eigenvalue weighted by Gasteiger charge is 2.29. The van der Waals surface area contributed by atoms with E-state index in [0.29, 0.717) is 0 Å². The van der Waals surface area contributed by atoms with Crippen molar-refractivity contribution in [2.24, 2.45) is 0 Å². The zero-order valence-corrected chi connectivity index (χ0v) is 13.4. The molecule has 2 atom stereocenters. The van der Waals surface area contributed by atoms with Crippen LogP contribution in [0.4, 0.5) is 0 Å². The summed E-state index contributed by atoms with van der Waals surface area (Å²) < 4.78 is 0. The molecule has 124 valence electrons. The van der Waals surface area contributed by atoms with Gasteiger partial charge in [-0.2, -0.15) is 0 Å². The van der Waals surface area contributed by atoms with Crippen molar-refractivity contribution in [1.82, 2.24) is 5.32 Å². The van der Waals surface area contributed by atoms with Crippen LogP contribution in [0, 0.1) is 0 Å². The molecule has 1 aliphatic rings. The Bertz CT molecular complexity index is 727. The number of nitrogens with one attached hydrogen (secondary N) is 1. The van der Waals surface area contributed by atoms with Crippen molar-refractivity contribution in [3.8, 4) is 0 Å². The maximum atomic E-state index is 12.7. The molecule has 4 heteroatoms. The second kappa shape index (κ2) is 7.30. The predicted molar refractivity (Wildman–Crippen MR) is 91.8 cm³/mol. The fourth-order valence-corrected chi connectivity index (χ4v) is 3.35. The zero-order chi connectivity index (χ0) is 16.9. The van der Waals surface area contributed by atoms with Gasteiger partial charge in [-0.3, -0.25) is 4.79 Å². The van der Waals surface area contributed by atoms with E-state index in [9.17, 15) is 14.7 Å². The van der Waals surface area contributed by atoms with E-state index in [4.69, 9.17) is 0 Å². The Hall–Kier alpha value is -2.62. The van der Waals surface area contributed by atoms with Crippen LogP contribution in [0.3, 0.4) is 0 Å². The van der Waals surface area contributed by atoms with E-state index in [0.717, 1.165) is 30.4 Å². The van der Waals surface area contributed by atoms with Gasteiger partial charge in [-0.25, -0.2) is 4.79 Å². The van der Waals surface area contributed by atoms with Gasteiger partial charge < -0.3 is 10.4 Å². The van der Waals surface area contributed by atoms with Gasteiger partial charge in [-0.15, -0.1) is 0 Å². The van der Waals surface area contributed by atoms with Crippen LogP contribution in [0.25, 0.3) is 0 Å². The number of amides is 1. The molecule has 1 amide bonds. The predicted octanol–water partition coefficient (Wildman–Crippen LogP) is 2.92. The van der Waals surface area contributed by atoms with E-state index < -0.39 is 12.0 Å². The third kappa shape index (κ3) is 3.65. The summed E-state index contributed by atoms with van der Waals surface area (Å²) in [4.78, 5) is 24.2. The van der Waals surface area contributed by atoms with Crippen LogP contribution in [0.1, 0.15) is 35.4 Å². The smallest absolute Gasteiger partial charge is 0.326 e. The molecule has 0 radical (unpaired) electrons. The maximum absolute atomic E-state index is 12.7. The number of carbonyl (C=O) groups excluding carboxylic acids is 1. The number of carboxylic acids is 1. The van der Waals surface area contributed by atoms with E-state index in [1.165, 1.54) is 5.56 Å². The fraction of sp³-hybridized carbons (Fsp3) is 0.300. The molecule has 1 aliphatic carbocycles. The number of fused-ring (bicyclic) bond motifs is 1. The molecule has 4 nitrogen and oxygen atoms in total. The third-order valence-electron chi connectivity index (χ3n) is 4.58. The number of benzene rings is 2. The number of aliphatic carboxylic acids is 1. The second-order valence-electron chi connectivity index (χ2n) is 6.23. The molecule has 2 N–H and O–H groups in total. The Morgan fingerprint density at radius 1 is 1.08 bits per heavy atom. The van der Waals surface area contributed by atoms with E-state index >= 15 is 0 Å². The largest absolute Gasteiger partial charge is 0.480 e. The first-order chi connectivity index (χ1) is 11.6. The van der Waals surface area contributed by atoms with Crippen molar-refractivity contribution in [2.75, 3.05) is 0 Å². The molecule has 0 aromatic heterocycles. The van der Waals surface area contributed by atoms with E-state index in [1.54, 1.807) is 0 Å². The Morgan fingerprint density at radius 2 is 1.79 bits per heavy atom. The Kier molecular flexibility index (Phi) is 4.94. The first-order valence-electron chi connectivity index (χ1n) is 8.30. The number of hydrogen-bond acceptors (Lipinski definition) is 2. The van der Waals surface area contributed by atoms with Crippen molar-refractivity contribution < 1.29 is 14.7 Å². The number of carbonyl (C=O) groups is 2. The van der Waals surface area contributed by atoms with Crippen LogP contribution in [-0.4, -0.2) is 23.0 Å². The summed E-state index contributed by atoms with van der Waals surface area (Å²) in [6, 6.07) is 16.4. The van der Waals surface area contributed by atoms with Crippen LogP contribution in [-0.2, 0) is 22.4 Å². The molecule has 0 bridgehead atoms. The number of aryl methyl sites for hydroxylation is 1. The first-order valence-corrected chi connectivity index (χ1v) is 8.30. The lowest BCUT2D eigenvalue weighted by atomic mass is 9.82. The van der Waals surface area contributed by atoms with Crippen LogP contribution < -0.4 is 5.32 Å². The van der Waals surface area contributed by atoms with Crippen molar-refractivity contribution >= 4 is 11.9 Å². The summed E-state index contributed by atoms with van der Waals surface area (Å²) in [6.45, 7) is 0. The molecule has 0 spiro atoms. The molecule has 24 heavy (non-hydrogen) atoms. The molecule has 0 fully saturated rings. The molecule has 0 unspecified atom stereocenters. The van der Waals surface area contributed by atoms with E-state index in [2.05, 4.69) is 5.32 Å². The van der Waals surface area contributed by atoms with Crippen molar-refractivity contribution in [3.63, 3.8) is 0 Å². The summed E-state index contributed by atoms with van der Waals surface area (Å²) in [5, 5.41) is 12.2. The molecule has 2 aromatic carbocycles. The summed E-state index contributed by atoms with van der Waals surface area (Å²) >= 11 is 0. The second-order valence-corrected chi connectivity index (χ2v) is 6.23. The maximum Gasteiger partial charge on any atom is 0.326 e. The Balaban J connectivity index is 1.74. The highest BCUT2D eigenvalue weighted by Crippen LogP contribution is 2.31. The SMILES string of the molecule is O=C(O)[C@H](Cc1ccccc1)NC(=O)[C@@H]1CCCc2ccccc21. The molecule has 0 aliphatic heterocycles. The summed E-state index contributed by atoms with van der Waals surface area (Å²) in [6.07, 6.45) is 2.98. The van der Waals surface area contributed by atoms with Gasteiger partial charge in [0, 0.05) is 6.42 Å². The van der Waals surface area contributed by atoms with Crippen molar-refractivity contribution in [1.29, 1.82) is 0 Å². The van der Waals surface area contributed by atoms with Gasteiger partial charge in [0.15, 0.2) is 0 Å². The fourth-order valence-electron chi connectivity index (χ4n) is 3.35. The standard InChI is InChI=1S/C20H21NO3/c22-19(17-12-6-10-15-9-4-5-11-16(15)17)21-18(20(23)24)13-14-7-2-1-3-8-14/h1-5,7-9,11,17-18H,6,10,12-13H2,(H,21,22)(H,23,24)/t17-,18+/m1/s1. The quantitative estimate of drug-likeness (QED) is 0.889. The topological polar surface area (TPSA) is 66.4 Å². The highest BCUT2D eigenvalue weighted by molar-refractivity contribution is 5.88. The third-order valence-corrected chi connectivity index (χ3v) is 4.58. The molecule has 0 saturated heterocycles. The lowest BCUT2D eigenvalue weighted by Crippen LogP contribution is -2.44. The summed E-state index contributed by atoms with van der Waals surface area (Å²) in [5.74, 6) is -1.45. The highest BCUT2D eigenvalue weighted by atomic mass is 16.4. The van der Waals surface area contributed by atoms with Crippen molar-refractivity contribution in [2.45, 2.75) is 37.6 Å². The average Bonchev–Trinajstić information content (AvgIpc) is 2.61. The summed E-state index contributed by atoms with van der Waals surface area (Å²) in [5.41, 5.74) is 3.12. The van der Waals surface area contributed by atoms with Crippen LogP contribution in [0.5, 0.6) is 0 Å². The molecular formula is C20H21NO3. The number of rotatable bonds is 5. The monoisotopic (exact) mass is 323 g/mol. The minimum atomic E-state index is -1.00. The average molecular weight is 323 g/mol. The molecular weight excluding hydrogens is 302 g/mol. The Morgan fingerprint density at radius 3 is 2.54 bits per heavy atom. The first kappa shape index (κ1) is 16.2. The van der Waals surface area contributed by atoms with E-state index in [1.807, 2.05) is 54.6 Å². The van der Waals surface area contributed by atoms with Crippen LogP contribution in [0.2, 0.25) is 0 Å². The van der Waals surface area contributed by atoms with E-state index in [-0.39, 0.29) is 18.2 Å². The lowest BCUT2D eigenvalue weighted by Gasteiger charge is -2.26. The molecule has 2 aromatic rings. The molecule has 0 heterocycles.